The van der Waals surface area contributed by atoms with Gasteiger partial charge in [-0.25, -0.2) is 9.59 Å². The third kappa shape index (κ3) is 5.52. The van der Waals surface area contributed by atoms with Crippen molar-refractivity contribution in [3.8, 4) is 5.75 Å². The number of esters is 2. The van der Waals surface area contributed by atoms with Crippen LogP contribution in [0, 0.1) is 6.92 Å². The minimum atomic E-state index is -0.713. The van der Waals surface area contributed by atoms with Crippen LogP contribution in [0.25, 0.3) is 0 Å². The number of anilines is 1. The Morgan fingerprint density at radius 3 is 2.40 bits per heavy atom. The molecule has 0 aliphatic rings. The maximum atomic E-state index is 12.9. The second-order valence-corrected chi connectivity index (χ2v) is 8.74. The molecular weight excluding hydrogens is 430 g/mol. The molecule has 1 amide bonds. The number of carbonyl (C=O) groups excluding carboxylic acids is 3. The van der Waals surface area contributed by atoms with E-state index in [1.165, 1.54) is 13.2 Å². The van der Waals surface area contributed by atoms with Crippen molar-refractivity contribution in [1.82, 2.24) is 0 Å². The summed E-state index contributed by atoms with van der Waals surface area (Å²) in [5, 5.41) is 3.21. The SMILES string of the molecule is CCOC(=O)c1c(NC(=O)c2cc(Cl)ccc2OC)sc(C(=O)OC(C)(C)C)c1C. The molecule has 0 saturated heterocycles. The first-order valence-corrected chi connectivity index (χ1v) is 10.4. The quantitative estimate of drug-likeness (QED) is 0.611. The summed E-state index contributed by atoms with van der Waals surface area (Å²) >= 11 is 6.96. The normalized spacial score (nSPS) is 11.0. The Labute approximate surface area is 184 Å². The highest BCUT2D eigenvalue weighted by atomic mass is 35.5. The van der Waals surface area contributed by atoms with Gasteiger partial charge in [0.25, 0.3) is 5.91 Å². The predicted octanol–water partition coefficient (Wildman–Crippen LogP) is 5.10. The molecule has 1 aromatic heterocycles. The Morgan fingerprint density at radius 1 is 1.17 bits per heavy atom. The number of benzene rings is 1. The second-order valence-electron chi connectivity index (χ2n) is 7.28. The van der Waals surface area contributed by atoms with Crippen molar-refractivity contribution < 1.29 is 28.6 Å². The van der Waals surface area contributed by atoms with Gasteiger partial charge in [0, 0.05) is 5.02 Å². The van der Waals surface area contributed by atoms with Gasteiger partial charge in [-0.2, -0.15) is 0 Å². The van der Waals surface area contributed by atoms with Crippen LogP contribution in [0.15, 0.2) is 18.2 Å². The third-order valence-corrected chi connectivity index (χ3v) is 5.27. The van der Waals surface area contributed by atoms with Crippen molar-refractivity contribution in [3.63, 3.8) is 0 Å². The molecular formula is C21H24ClNO6S. The van der Waals surface area contributed by atoms with E-state index in [1.807, 2.05) is 0 Å². The number of nitrogens with one attached hydrogen (secondary N) is 1. The van der Waals surface area contributed by atoms with E-state index in [0.29, 0.717) is 16.3 Å². The molecule has 30 heavy (non-hydrogen) atoms. The molecule has 0 bridgehead atoms. The molecule has 7 nitrogen and oxygen atoms in total. The summed E-state index contributed by atoms with van der Waals surface area (Å²) in [5.74, 6) is -1.46. The first-order valence-electron chi connectivity index (χ1n) is 9.17. The van der Waals surface area contributed by atoms with Gasteiger partial charge in [0.2, 0.25) is 0 Å². The molecule has 1 aromatic carbocycles. The lowest BCUT2D eigenvalue weighted by Gasteiger charge is -2.19. The lowest BCUT2D eigenvalue weighted by Crippen LogP contribution is -2.23. The largest absolute Gasteiger partial charge is 0.496 e. The Balaban J connectivity index is 2.49. The number of rotatable bonds is 6. The van der Waals surface area contributed by atoms with Gasteiger partial charge >= 0.3 is 11.9 Å². The van der Waals surface area contributed by atoms with E-state index in [-0.39, 0.29) is 27.6 Å². The molecule has 9 heteroatoms. The van der Waals surface area contributed by atoms with Gasteiger partial charge in [-0.05, 0) is 58.4 Å². The zero-order chi connectivity index (χ0) is 22.6. The maximum absolute atomic E-state index is 12.9. The molecule has 0 saturated carbocycles. The molecule has 0 spiro atoms. The lowest BCUT2D eigenvalue weighted by atomic mass is 10.1. The molecule has 0 atom stereocenters. The summed E-state index contributed by atoms with van der Waals surface area (Å²) in [6, 6.07) is 4.61. The minimum Gasteiger partial charge on any atom is -0.496 e. The fourth-order valence-corrected chi connectivity index (χ4v) is 3.84. The van der Waals surface area contributed by atoms with Gasteiger partial charge in [0.15, 0.2) is 0 Å². The summed E-state index contributed by atoms with van der Waals surface area (Å²) < 4.78 is 15.8. The molecule has 0 aliphatic heterocycles. The fourth-order valence-electron chi connectivity index (χ4n) is 2.60. The first-order chi connectivity index (χ1) is 14.0. The third-order valence-electron chi connectivity index (χ3n) is 3.84. The highest BCUT2D eigenvalue weighted by Crippen LogP contribution is 2.36. The van der Waals surface area contributed by atoms with Crippen molar-refractivity contribution in [2.45, 2.75) is 40.2 Å². The van der Waals surface area contributed by atoms with E-state index in [0.717, 1.165) is 11.3 Å². The number of hydrogen-bond acceptors (Lipinski definition) is 7. The Morgan fingerprint density at radius 2 is 1.83 bits per heavy atom. The van der Waals surface area contributed by atoms with Crippen LogP contribution in [-0.2, 0) is 9.47 Å². The van der Waals surface area contributed by atoms with Gasteiger partial charge < -0.3 is 19.5 Å². The van der Waals surface area contributed by atoms with Crippen molar-refractivity contribution in [2.24, 2.45) is 0 Å². The molecule has 1 heterocycles. The van der Waals surface area contributed by atoms with E-state index in [1.54, 1.807) is 46.8 Å². The van der Waals surface area contributed by atoms with Crippen LogP contribution >= 0.6 is 22.9 Å². The van der Waals surface area contributed by atoms with Crippen LogP contribution < -0.4 is 10.1 Å². The highest BCUT2D eigenvalue weighted by Gasteiger charge is 2.29. The zero-order valence-electron chi connectivity index (χ0n) is 17.7. The van der Waals surface area contributed by atoms with Crippen LogP contribution in [0.3, 0.4) is 0 Å². The molecule has 0 radical (unpaired) electrons. The van der Waals surface area contributed by atoms with Gasteiger partial charge in [0.1, 0.15) is 21.2 Å². The number of carbonyl (C=O) groups is 3. The summed E-state index contributed by atoms with van der Waals surface area (Å²) in [7, 11) is 1.43. The average molecular weight is 454 g/mol. The number of methoxy groups -OCH3 is 1. The molecule has 0 fully saturated rings. The summed E-state index contributed by atoms with van der Waals surface area (Å²) in [6.07, 6.45) is 0. The van der Waals surface area contributed by atoms with Crippen molar-refractivity contribution in [3.05, 3.63) is 44.8 Å². The van der Waals surface area contributed by atoms with Crippen LogP contribution in [-0.4, -0.2) is 37.2 Å². The molecule has 0 aliphatic carbocycles. The molecule has 2 aromatic rings. The van der Waals surface area contributed by atoms with Gasteiger partial charge in [-0.3, -0.25) is 4.79 Å². The smallest absolute Gasteiger partial charge is 0.349 e. The standard InChI is InChI=1S/C21H24ClNO6S/c1-7-28-19(25)15-11(2)16(20(26)29-21(3,4)5)30-18(15)23-17(24)13-10-12(22)8-9-14(13)27-6/h8-10H,7H2,1-6H3,(H,23,24). The lowest BCUT2D eigenvalue weighted by molar-refractivity contribution is 0.00744. The first kappa shape index (κ1) is 23.7. The van der Waals surface area contributed by atoms with Gasteiger partial charge in [-0.15, -0.1) is 11.3 Å². The van der Waals surface area contributed by atoms with Crippen molar-refractivity contribution in [2.75, 3.05) is 19.0 Å². The topological polar surface area (TPSA) is 90.9 Å². The summed E-state index contributed by atoms with van der Waals surface area (Å²) in [4.78, 5) is 38.2. The van der Waals surface area contributed by atoms with E-state index < -0.39 is 23.4 Å². The number of ether oxygens (including phenoxy) is 3. The fraction of sp³-hybridized carbons (Fsp3) is 0.381. The second kappa shape index (κ2) is 9.49. The number of halogens is 1. The molecule has 2 rings (SSSR count). The van der Waals surface area contributed by atoms with Gasteiger partial charge in [-0.1, -0.05) is 11.6 Å². The summed E-state index contributed by atoms with van der Waals surface area (Å²) in [6.45, 7) is 8.66. The van der Waals surface area contributed by atoms with Crippen molar-refractivity contribution in [1.29, 1.82) is 0 Å². The zero-order valence-corrected chi connectivity index (χ0v) is 19.2. The van der Waals surface area contributed by atoms with Crippen molar-refractivity contribution >= 4 is 45.8 Å². The summed E-state index contributed by atoms with van der Waals surface area (Å²) in [5.41, 5.74) is -0.0439. The maximum Gasteiger partial charge on any atom is 0.349 e. The monoisotopic (exact) mass is 453 g/mol. The Kier molecular flexibility index (Phi) is 7.49. The number of thiophene rings is 1. The predicted molar refractivity (Wildman–Crippen MR) is 116 cm³/mol. The molecule has 162 valence electrons. The Hall–Kier alpha value is -2.58. The Bertz CT molecular complexity index is 977. The van der Waals surface area contributed by atoms with E-state index in [2.05, 4.69) is 5.32 Å². The van der Waals surface area contributed by atoms with E-state index in [9.17, 15) is 14.4 Å². The van der Waals surface area contributed by atoms with E-state index in [4.69, 9.17) is 25.8 Å². The van der Waals surface area contributed by atoms with Crippen LogP contribution in [0.2, 0.25) is 5.02 Å². The number of hydrogen-bond donors (Lipinski definition) is 1. The van der Waals surface area contributed by atoms with Crippen LogP contribution in [0.4, 0.5) is 5.00 Å². The van der Waals surface area contributed by atoms with Gasteiger partial charge in [0.05, 0.1) is 24.8 Å². The van der Waals surface area contributed by atoms with Crippen LogP contribution in [0.5, 0.6) is 5.75 Å². The molecule has 1 N–H and O–H groups in total. The van der Waals surface area contributed by atoms with Crippen LogP contribution in [0.1, 0.15) is 63.6 Å². The number of amides is 1. The molecule has 0 unspecified atom stereocenters. The average Bonchev–Trinajstić information content (AvgIpc) is 2.96. The minimum absolute atomic E-state index is 0.108. The van der Waals surface area contributed by atoms with E-state index >= 15 is 0 Å². The highest BCUT2D eigenvalue weighted by molar-refractivity contribution is 7.18.